The fourth-order valence-electron chi connectivity index (χ4n) is 3.85. The summed E-state index contributed by atoms with van der Waals surface area (Å²) in [6, 6.07) is 9.74. The Kier molecular flexibility index (Phi) is 5.61. The first-order valence-corrected chi connectivity index (χ1v) is 10.9. The van der Waals surface area contributed by atoms with Gasteiger partial charge in [0.1, 0.15) is 0 Å². The van der Waals surface area contributed by atoms with Crippen LogP contribution in [0.1, 0.15) is 47.1 Å². The van der Waals surface area contributed by atoms with Gasteiger partial charge in [-0.1, -0.05) is 23.9 Å². The molecule has 0 radical (unpaired) electrons. The van der Waals surface area contributed by atoms with Crippen LogP contribution in [0, 0.1) is 13.8 Å². The molecular weight excluding hydrogens is 386 g/mol. The SMILES string of the molecule is Cc1cc(C(=O)CSc2nc3ccccc3c(=O)n2CCCO)c(C)n1C1CC1. The van der Waals surface area contributed by atoms with Crippen LogP contribution in [0.15, 0.2) is 40.3 Å². The van der Waals surface area contributed by atoms with Gasteiger partial charge in [-0.3, -0.25) is 14.2 Å². The predicted octanol–water partition coefficient (Wildman–Crippen LogP) is 3.51. The van der Waals surface area contributed by atoms with Crippen molar-refractivity contribution in [3.05, 3.63) is 57.6 Å². The van der Waals surface area contributed by atoms with Gasteiger partial charge in [0.2, 0.25) is 0 Å². The predicted molar refractivity (Wildman–Crippen MR) is 115 cm³/mol. The van der Waals surface area contributed by atoms with Crippen LogP contribution in [-0.4, -0.2) is 37.4 Å². The van der Waals surface area contributed by atoms with Gasteiger partial charge in [-0.2, -0.15) is 0 Å². The van der Waals surface area contributed by atoms with Crippen LogP contribution < -0.4 is 5.56 Å². The van der Waals surface area contributed by atoms with E-state index < -0.39 is 0 Å². The minimum absolute atomic E-state index is 0.00451. The number of thioether (sulfide) groups is 1. The fraction of sp³-hybridized carbons (Fsp3) is 0.409. The number of ketones is 1. The highest BCUT2D eigenvalue weighted by molar-refractivity contribution is 7.99. The lowest BCUT2D eigenvalue weighted by molar-refractivity contribution is 0.102. The molecule has 1 aliphatic rings. The molecule has 0 atom stereocenters. The van der Waals surface area contributed by atoms with Crippen molar-refractivity contribution in [2.24, 2.45) is 0 Å². The van der Waals surface area contributed by atoms with Gasteiger partial charge in [0.05, 0.1) is 16.7 Å². The number of carbonyl (C=O) groups excluding carboxylic acids is 1. The molecule has 1 aliphatic carbocycles. The molecule has 0 unspecified atom stereocenters. The van der Waals surface area contributed by atoms with E-state index in [0.29, 0.717) is 35.1 Å². The van der Waals surface area contributed by atoms with Crippen molar-refractivity contribution in [3.63, 3.8) is 0 Å². The molecule has 1 aromatic carbocycles. The lowest BCUT2D eigenvalue weighted by atomic mass is 10.2. The monoisotopic (exact) mass is 411 g/mol. The van der Waals surface area contributed by atoms with Crippen molar-refractivity contribution in [3.8, 4) is 0 Å². The Labute approximate surface area is 173 Å². The summed E-state index contributed by atoms with van der Waals surface area (Å²) in [7, 11) is 0. The second-order valence-corrected chi connectivity index (χ2v) is 8.49. The molecule has 1 N–H and O–H groups in total. The van der Waals surface area contributed by atoms with E-state index in [1.807, 2.05) is 38.1 Å². The molecule has 3 aromatic rings. The van der Waals surface area contributed by atoms with Gasteiger partial charge in [-0.05, 0) is 51.3 Å². The summed E-state index contributed by atoms with van der Waals surface area (Å²) in [4.78, 5) is 30.5. The third-order valence-corrected chi connectivity index (χ3v) is 6.37. The van der Waals surface area contributed by atoms with Gasteiger partial charge in [0, 0.05) is 36.1 Å². The highest BCUT2D eigenvalue weighted by atomic mass is 32.2. The van der Waals surface area contributed by atoms with E-state index in [2.05, 4.69) is 9.55 Å². The Bertz CT molecular complexity index is 1130. The molecule has 0 saturated heterocycles. The van der Waals surface area contributed by atoms with Crippen molar-refractivity contribution in [1.29, 1.82) is 0 Å². The van der Waals surface area contributed by atoms with Gasteiger partial charge < -0.3 is 9.67 Å². The molecule has 0 aliphatic heterocycles. The molecule has 0 spiro atoms. The molecule has 6 nitrogen and oxygen atoms in total. The quantitative estimate of drug-likeness (QED) is 0.349. The van der Waals surface area contributed by atoms with E-state index in [-0.39, 0.29) is 23.7 Å². The van der Waals surface area contributed by atoms with Crippen molar-refractivity contribution >= 4 is 28.4 Å². The molecule has 2 heterocycles. The smallest absolute Gasteiger partial charge is 0.262 e. The van der Waals surface area contributed by atoms with Crippen molar-refractivity contribution in [1.82, 2.24) is 14.1 Å². The number of para-hydroxylation sites is 1. The zero-order chi connectivity index (χ0) is 20.5. The molecule has 0 bridgehead atoms. The molecule has 4 rings (SSSR count). The van der Waals surface area contributed by atoms with E-state index in [9.17, 15) is 14.7 Å². The average molecular weight is 412 g/mol. The Hall–Kier alpha value is -2.38. The first kappa shape index (κ1) is 19.9. The maximum Gasteiger partial charge on any atom is 0.262 e. The summed E-state index contributed by atoms with van der Waals surface area (Å²) in [6.07, 6.45) is 2.82. The number of benzene rings is 1. The number of nitrogens with zero attached hydrogens (tertiary/aromatic N) is 3. The average Bonchev–Trinajstić information content (AvgIpc) is 3.50. The van der Waals surface area contributed by atoms with Crippen LogP contribution >= 0.6 is 11.8 Å². The summed E-state index contributed by atoms with van der Waals surface area (Å²) < 4.78 is 3.84. The summed E-state index contributed by atoms with van der Waals surface area (Å²) >= 11 is 1.29. The Morgan fingerprint density at radius 3 is 2.76 bits per heavy atom. The number of aromatic nitrogens is 3. The van der Waals surface area contributed by atoms with Crippen LogP contribution in [0.3, 0.4) is 0 Å². The molecule has 0 amide bonds. The molecule has 2 aromatic heterocycles. The number of aliphatic hydroxyl groups is 1. The van der Waals surface area contributed by atoms with Gasteiger partial charge in [-0.25, -0.2) is 4.98 Å². The number of hydrogen-bond acceptors (Lipinski definition) is 5. The lowest BCUT2D eigenvalue weighted by Crippen LogP contribution is -2.24. The van der Waals surface area contributed by atoms with Crippen LogP contribution in [0.2, 0.25) is 0 Å². The molecule has 152 valence electrons. The lowest BCUT2D eigenvalue weighted by Gasteiger charge is -2.12. The third-order valence-electron chi connectivity index (χ3n) is 5.40. The number of Topliss-reactive ketones (excluding diaryl/α,β-unsaturated/α-hetero) is 1. The Balaban J connectivity index is 1.61. The van der Waals surface area contributed by atoms with E-state index in [1.165, 1.54) is 24.6 Å². The van der Waals surface area contributed by atoms with Crippen LogP contribution in [-0.2, 0) is 6.54 Å². The zero-order valence-corrected chi connectivity index (χ0v) is 17.5. The molecule has 1 fully saturated rings. The molecular formula is C22H25N3O3S. The van der Waals surface area contributed by atoms with E-state index in [0.717, 1.165) is 17.0 Å². The highest BCUT2D eigenvalue weighted by Gasteiger charge is 2.28. The van der Waals surface area contributed by atoms with Crippen molar-refractivity contribution < 1.29 is 9.90 Å². The molecule has 7 heteroatoms. The largest absolute Gasteiger partial charge is 0.396 e. The van der Waals surface area contributed by atoms with Crippen LogP contribution in [0.4, 0.5) is 0 Å². The van der Waals surface area contributed by atoms with E-state index in [4.69, 9.17) is 0 Å². The molecule has 1 saturated carbocycles. The van der Waals surface area contributed by atoms with Crippen molar-refractivity contribution in [2.45, 2.75) is 50.9 Å². The minimum Gasteiger partial charge on any atom is -0.396 e. The van der Waals surface area contributed by atoms with E-state index in [1.54, 1.807) is 10.6 Å². The number of aryl methyl sites for hydroxylation is 1. The van der Waals surface area contributed by atoms with Gasteiger partial charge in [0.15, 0.2) is 10.9 Å². The Morgan fingerprint density at radius 1 is 1.28 bits per heavy atom. The van der Waals surface area contributed by atoms with Crippen molar-refractivity contribution in [2.75, 3.05) is 12.4 Å². The standard InChI is InChI=1S/C22H25N3O3S/c1-14-12-18(15(2)25(14)16-8-9-16)20(27)13-29-22-23-19-7-4-3-6-17(19)21(28)24(22)10-5-11-26/h3-4,6-7,12,16,26H,5,8-11,13H2,1-2H3. The van der Waals surface area contributed by atoms with Crippen LogP contribution in [0.25, 0.3) is 10.9 Å². The molecule has 29 heavy (non-hydrogen) atoms. The topological polar surface area (TPSA) is 77.1 Å². The number of fused-ring (bicyclic) bond motifs is 1. The minimum atomic E-state index is -0.133. The Morgan fingerprint density at radius 2 is 2.03 bits per heavy atom. The second-order valence-electron chi connectivity index (χ2n) is 7.54. The number of carbonyl (C=O) groups is 1. The maximum absolute atomic E-state index is 12.9. The number of aliphatic hydroxyl groups excluding tert-OH is 1. The van der Waals surface area contributed by atoms with E-state index >= 15 is 0 Å². The van der Waals surface area contributed by atoms with Gasteiger partial charge in [0.25, 0.3) is 5.56 Å². The fourth-order valence-corrected chi connectivity index (χ4v) is 4.75. The summed E-state index contributed by atoms with van der Waals surface area (Å²) in [5, 5.41) is 10.3. The van der Waals surface area contributed by atoms with Crippen LogP contribution in [0.5, 0.6) is 0 Å². The van der Waals surface area contributed by atoms with Gasteiger partial charge in [-0.15, -0.1) is 0 Å². The third kappa shape index (κ3) is 3.89. The number of hydrogen-bond donors (Lipinski definition) is 1. The second kappa shape index (κ2) is 8.16. The highest BCUT2D eigenvalue weighted by Crippen LogP contribution is 2.38. The summed E-state index contributed by atoms with van der Waals surface area (Å²) in [6.45, 7) is 4.43. The van der Waals surface area contributed by atoms with Gasteiger partial charge >= 0.3 is 0 Å². The summed E-state index contributed by atoms with van der Waals surface area (Å²) in [5.41, 5.74) is 3.40. The first-order chi connectivity index (χ1) is 14.0. The zero-order valence-electron chi connectivity index (χ0n) is 16.7. The maximum atomic E-state index is 12.9. The normalized spacial score (nSPS) is 13.9. The first-order valence-electron chi connectivity index (χ1n) is 9.96. The summed E-state index contributed by atoms with van der Waals surface area (Å²) in [5.74, 6) is 0.268. The number of rotatable bonds is 8.